The first-order valence-corrected chi connectivity index (χ1v) is 11.3. The lowest BCUT2D eigenvalue weighted by atomic mass is 9.73. The number of nitrogens with zero attached hydrogens (tertiary/aromatic N) is 1. The molecule has 1 aliphatic carbocycles. The van der Waals surface area contributed by atoms with Gasteiger partial charge in [0, 0.05) is 24.8 Å². The summed E-state index contributed by atoms with van der Waals surface area (Å²) in [5.41, 5.74) is 1.22. The van der Waals surface area contributed by atoms with Crippen molar-refractivity contribution in [2.24, 2.45) is 5.92 Å². The Bertz CT molecular complexity index is 989. The average molecular weight is 492 g/mol. The van der Waals surface area contributed by atoms with E-state index in [1.807, 2.05) is 13.0 Å². The lowest BCUT2D eigenvalue weighted by Gasteiger charge is -2.32. The van der Waals surface area contributed by atoms with E-state index >= 15 is 0 Å². The Hall–Kier alpha value is -3.56. The Morgan fingerprint density at radius 3 is 2.34 bits per heavy atom. The normalized spacial score (nSPS) is 17.8. The van der Waals surface area contributed by atoms with Crippen molar-refractivity contribution in [3.8, 4) is 11.5 Å². The molecule has 192 valence electrons. The second-order valence-electron chi connectivity index (χ2n) is 9.22. The van der Waals surface area contributed by atoms with Crippen molar-refractivity contribution in [2.75, 3.05) is 19.8 Å². The Balaban J connectivity index is 2.28. The number of hydrogen-bond donors (Lipinski definition) is 2. The fraction of sp³-hybridized carbons (Fsp3) is 0.520. The molecule has 0 unspecified atom stereocenters. The van der Waals surface area contributed by atoms with Crippen molar-refractivity contribution in [3.05, 3.63) is 57.2 Å². The molecule has 10 nitrogen and oxygen atoms in total. The lowest BCUT2D eigenvalue weighted by molar-refractivity contribution is -0.757. The van der Waals surface area contributed by atoms with Gasteiger partial charge < -0.3 is 24.5 Å². The Kier molecular flexibility index (Phi) is 9.27. The summed E-state index contributed by atoms with van der Waals surface area (Å²) >= 11 is 0. The third-order valence-electron chi connectivity index (χ3n) is 6.14. The first kappa shape index (κ1) is 27.7. The zero-order chi connectivity index (χ0) is 26.3. The van der Waals surface area contributed by atoms with Gasteiger partial charge in [-0.15, -0.1) is 10.1 Å². The number of esters is 2. The molecule has 35 heavy (non-hydrogen) atoms. The third-order valence-corrected chi connectivity index (χ3v) is 6.14. The summed E-state index contributed by atoms with van der Waals surface area (Å²) < 4.78 is 10.3. The molecule has 2 N–H and O–H groups in total. The summed E-state index contributed by atoms with van der Waals surface area (Å²) in [5, 5.41) is 31.1. The summed E-state index contributed by atoms with van der Waals surface area (Å²) in [7, 11) is 0. The highest BCUT2D eigenvalue weighted by Gasteiger charge is 2.36. The minimum atomic E-state index is -1.21. The number of phenols is 2. The van der Waals surface area contributed by atoms with Gasteiger partial charge in [0.1, 0.15) is 18.1 Å². The molecule has 1 aromatic carbocycles. The van der Waals surface area contributed by atoms with E-state index in [0.29, 0.717) is 24.0 Å². The number of phenolic OH excluding ortho intramolecular Hbond substituents is 2. The van der Waals surface area contributed by atoms with Crippen LogP contribution in [0.25, 0.3) is 0 Å². The van der Waals surface area contributed by atoms with Crippen molar-refractivity contribution in [2.45, 2.75) is 58.3 Å². The maximum Gasteiger partial charge on any atom is 0.315 e. The molecule has 0 aromatic heterocycles. The molecule has 0 saturated carbocycles. The van der Waals surface area contributed by atoms with Crippen molar-refractivity contribution >= 4 is 11.9 Å². The van der Waals surface area contributed by atoms with Crippen LogP contribution in [0.5, 0.6) is 11.5 Å². The summed E-state index contributed by atoms with van der Waals surface area (Å²) in [4.78, 5) is 38.2. The number of carbonyl (C=O) groups excluding carboxylic acids is 2. The van der Waals surface area contributed by atoms with E-state index in [1.54, 1.807) is 13.8 Å². The molecular weight excluding hydrogens is 458 g/mol. The number of benzene rings is 1. The number of carbonyl (C=O) groups is 2. The molecule has 0 heterocycles. The van der Waals surface area contributed by atoms with Crippen LogP contribution in [0.4, 0.5) is 0 Å². The summed E-state index contributed by atoms with van der Waals surface area (Å²) in [6.45, 7) is 10.3. The zero-order valence-corrected chi connectivity index (χ0v) is 20.5. The highest BCUT2D eigenvalue weighted by atomic mass is 16.9. The zero-order valence-electron chi connectivity index (χ0n) is 20.5. The topological polar surface area (TPSA) is 145 Å². The SMILES string of the molecule is C=C(C)[C@H]1CCC(COC(C)=O)=C[C@@H]1c1c(O)cc(C(C)(C)C(=O)OCCCO[N+](=O)[O-])cc1O. The highest BCUT2D eigenvalue weighted by molar-refractivity contribution is 5.82. The van der Waals surface area contributed by atoms with Gasteiger partial charge in [0.2, 0.25) is 0 Å². The highest BCUT2D eigenvalue weighted by Crippen LogP contribution is 2.47. The summed E-state index contributed by atoms with van der Waals surface area (Å²) in [6, 6.07) is 2.85. The van der Waals surface area contributed by atoms with Crippen LogP contribution in [-0.2, 0) is 29.3 Å². The second kappa shape index (κ2) is 11.7. The van der Waals surface area contributed by atoms with E-state index in [9.17, 15) is 29.9 Å². The molecule has 0 saturated heterocycles. The van der Waals surface area contributed by atoms with Crippen LogP contribution in [-0.4, -0.2) is 47.1 Å². The first-order valence-electron chi connectivity index (χ1n) is 11.3. The van der Waals surface area contributed by atoms with Crippen LogP contribution < -0.4 is 0 Å². The van der Waals surface area contributed by atoms with Gasteiger partial charge in [-0.3, -0.25) is 9.59 Å². The fourth-order valence-corrected chi connectivity index (χ4v) is 4.11. The predicted molar refractivity (Wildman–Crippen MR) is 126 cm³/mol. The Morgan fingerprint density at radius 2 is 1.80 bits per heavy atom. The molecular formula is C25H33NO9. The minimum Gasteiger partial charge on any atom is -0.507 e. The number of rotatable bonds is 11. The molecule has 0 bridgehead atoms. The van der Waals surface area contributed by atoms with Gasteiger partial charge in [-0.1, -0.05) is 18.2 Å². The first-order chi connectivity index (χ1) is 16.3. The van der Waals surface area contributed by atoms with Gasteiger partial charge in [0.05, 0.1) is 18.6 Å². The van der Waals surface area contributed by atoms with Gasteiger partial charge in [-0.2, -0.15) is 0 Å². The van der Waals surface area contributed by atoms with Gasteiger partial charge in [-0.05, 0) is 62.8 Å². The van der Waals surface area contributed by atoms with Crippen molar-refractivity contribution < 1.29 is 39.2 Å². The average Bonchev–Trinajstić information content (AvgIpc) is 2.76. The van der Waals surface area contributed by atoms with Crippen LogP contribution >= 0.6 is 0 Å². The molecule has 10 heteroatoms. The van der Waals surface area contributed by atoms with Crippen molar-refractivity contribution in [1.29, 1.82) is 0 Å². The lowest BCUT2D eigenvalue weighted by Crippen LogP contribution is -2.31. The molecule has 2 atom stereocenters. The van der Waals surface area contributed by atoms with Crippen LogP contribution in [0.2, 0.25) is 0 Å². The van der Waals surface area contributed by atoms with Crippen LogP contribution in [0.15, 0.2) is 35.9 Å². The van der Waals surface area contributed by atoms with Crippen LogP contribution in [0.3, 0.4) is 0 Å². The molecule has 1 aliphatic rings. The van der Waals surface area contributed by atoms with Crippen molar-refractivity contribution in [3.63, 3.8) is 0 Å². The third kappa shape index (κ3) is 7.21. The standard InChI is InChI=1S/C25H33NO9/c1-15(2)19-8-7-17(14-34-16(3)27)11-20(19)23-21(28)12-18(13-22(23)29)25(4,5)24(30)33-9-6-10-35-26(31)32/h11-13,19-20,28-29H,1,6-10,14H2,2-5H3/t19-,20+/m1/s1. The predicted octanol–water partition coefficient (Wildman–Crippen LogP) is 4.08. The van der Waals surface area contributed by atoms with Gasteiger partial charge in [0.25, 0.3) is 5.09 Å². The molecule has 0 amide bonds. The van der Waals surface area contributed by atoms with E-state index in [-0.39, 0.29) is 49.6 Å². The van der Waals surface area contributed by atoms with Gasteiger partial charge in [-0.25, -0.2) is 0 Å². The van der Waals surface area contributed by atoms with Gasteiger partial charge in [0.15, 0.2) is 0 Å². The minimum absolute atomic E-state index is 0.0434. The maximum atomic E-state index is 12.7. The Labute approximate surface area is 204 Å². The smallest absolute Gasteiger partial charge is 0.315 e. The molecule has 1 aromatic rings. The molecule has 0 spiro atoms. The Morgan fingerprint density at radius 1 is 1.17 bits per heavy atom. The molecule has 2 rings (SSSR count). The van der Waals surface area contributed by atoms with E-state index in [2.05, 4.69) is 11.4 Å². The van der Waals surface area contributed by atoms with E-state index in [0.717, 1.165) is 11.1 Å². The largest absolute Gasteiger partial charge is 0.507 e. The number of allylic oxidation sites excluding steroid dienone is 2. The molecule has 0 radical (unpaired) electrons. The number of aromatic hydroxyl groups is 2. The fourth-order valence-electron chi connectivity index (χ4n) is 4.11. The summed E-state index contributed by atoms with van der Waals surface area (Å²) in [6.07, 6.45) is 3.45. The van der Waals surface area contributed by atoms with Crippen LogP contribution in [0, 0.1) is 16.0 Å². The quantitative estimate of drug-likeness (QED) is 0.154. The van der Waals surface area contributed by atoms with E-state index in [1.165, 1.54) is 19.1 Å². The van der Waals surface area contributed by atoms with E-state index in [4.69, 9.17) is 9.47 Å². The second-order valence-corrected chi connectivity index (χ2v) is 9.22. The maximum absolute atomic E-state index is 12.7. The van der Waals surface area contributed by atoms with Crippen molar-refractivity contribution in [1.82, 2.24) is 0 Å². The van der Waals surface area contributed by atoms with Gasteiger partial charge >= 0.3 is 11.9 Å². The monoisotopic (exact) mass is 491 g/mol. The molecule has 0 aliphatic heterocycles. The van der Waals surface area contributed by atoms with E-state index < -0.39 is 22.4 Å². The molecule has 0 fully saturated rings. The summed E-state index contributed by atoms with van der Waals surface area (Å²) in [5.74, 6) is -1.80. The number of ether oxygens (including phenoxy) is 2. The number of hydrogen-bond acceptors (Lipinski definition) is 9. The van der Waals surface area contributed by atoms with Crippen LogP contribution in [0.1, 0.15) is 64.0 Å².